The van der Waals surface area contributed by atoms with Gasteiger partial charge in [0.15, 0.2) is 0 Å². The Morgan fingerprint density at radius 1 is 1.06 bits per heavy atom. The number of aryl methyl sites for hydroxylation is 1. The van der Waals surface area contributed by atoms with Crippen molar-refractivity contribution in [2.75, 3.05) is 0 Å². The second-order valence-corrected chi connectivity index (χ2v) is 8.92. The molecule has 0 spiro atoms. The monoisotopic (exact) mass is 431 g/mol. The number of nitrogens with zero attached hydrogens (tertiary/aromatic N) is 3. The Hall–Kier alpha value is -3.79. The lowest BCUT2D eigenvalue weighted by Gasteiger charge is -2.32. The normalized spacial score (nSPS) is 20.5. The molecule has 2 aromatic heterocycles. The van der Waals surface area contributed by atoms with E-state index in [4.69, 9.17) is 14.4 Å². The van der Waals surface area contributed by atoms with Gasteiger partial charge in [0.1, 0.15) is 5.58 Å². The SMILES string of the molecule is C=CC1=NC2CC(=C)N=C(C)c3c(ccc4c3oc3ncccc34)CCC2c2ccccc21. The van der Waals surface area contributed by atoms with Crippen molar-refractivity contribution in [2.24, 2.45) is 9.98 Å². The lowest BCUT2D eigenvalue weighted by atomic mass is 9.78. The third kappa shape index (κ3) is 3.17. The van der Waals surface area contributed by atoms with Crippen LogP contribution in [0.15, 0.2) is 94.1 Å². The molecule has 6 rings (SSSR count). The summed E-state index contributed by atoms with van der Waals surface area (Å²) in [7, 11) is 0. The summed E-state index contributed by atoms with van der Waals surface area (Å²) in [5.74, 6) is 0.302. The zero-order valence-corrected chi connectivity index (χ0v) is 18.7. The fourth-order valence-electron chi connectivity index (χ4n) is 5.51. The van der Waals surface area contributed by atoms with E-state index in [0.717, 1.165) is 58.3 Å². The first kappa shape index (κ1) is 19.9. The largest absolute Gasteiger partial charge is 0.437 e. The molecule has 0 saturated heterocycles. The highest BCUT2D eigenvalue weighted by Crippen LogP contribution is 2.39. The van der Waals surface area contributed by atoms with Crippen molar-refractivity contribution < 1.29 is 4.42 Å². The number of fused-ring (bicyclic) bond motifs is 8. The Balaban J connectivity index is 1.52. The quantitative estimate of drug-likeness (QED) is 0.333. The summed E-state index contributed by atoms with van der Waals surface area (Å²) in [6, 6.07) is 17.1. The van der Waals surface area contributed by atoms with Crippen LogP contribution in [0.25, 0.3) is 22.1 Å². The number of allylic oxidation sites excluding steroid dienone is 1. The van der Waals surface area contributed by atoms with Crippen LogP contribution >= 0.6 is 0 Å². The average Bonchev–Trinajstić information content (AvgIpc) is 3.20. The van der Waals surface area contributed by atoms with Gasteiger partial charge in [-0.1, -0.05) is 49.6 Å². The number of aliphatic imine (C=N–C) groups is 2. The molecule has 2 aliphatic heterocycles. The van der Waals surface area contributed by atoms with Crippen molar-refractivity contribution in [3.63, 3.8) is 0 Å². The lowest BCUT2D eigenvalue weighted by Crippen LogP contribution is -2.27. The Morgan fingerprint density at radius 3 is 2.82 bits per heavy atom. The molecule has 0 bridgehead atoms. The van der Waals surface area contributed by atoms with E-state index in [2.05, 4.69) is 67.5 Å². The van der Waals surface area contributed by atoms with Gasteiger partial charge < -0.3 is 4.42 Å². The van der Waals surface area contributed by atoms with Gasteiger partial charge in [0.05, 0.1) is 11.8 Å². The van der Waals surface area contributed by atoms with Crippen LogP contribution in [0.4, 0.5) is 0 Å². The van der Waals surface area contributed by atoms with Gasteiger partial charge in [0, 0.05) is 51.8 Å². The van der Waals surface area contributed by atoms with Crippen molar-refractivity contribution in [1.82, 2.24) is 4.98 Å². The molecule has 2 aliphatic rings. The number of pyridine rings is 1. The molecule has 2 atom stereocenters. The number of hydrogen-bond donors (Lipinski definition) is 0. The van der Waals surface area contributed by atoms with E-state index in [9.17, 15) is 0 Å². The van der Waals surface area contributed by atoms with E-state index < -0.39 is 0 Å². The highest BCUT2D eigenvalue weighted by Gasteiger charge is 2.31. The van der Waals surface area contributed by atoms with Crippen LogP contribution in [0.5, 0.6) is 0 Å². The molecule has 0 radical (unpaired) electrons. The Labute approximate surface area is 193 Å². The fraction of sp³-hybridized carbons (Fsp3) is 0.207. The van der Waals surface area contributed by atoms with Crippen LogP contribution in [-0.2, 0) is 6.42 Å². The Kier molecular flexibility index (Phi) is 4.61. The summed E-state index contributed by atoms with van der Waals surface area (Å²) < 4.78 is 6.26. The molecular formula is C29H25N3O. The Morgan fingerprint density at radius 2 is 1.94 bits per heavy atom. The number of hydrogen-bond acceptors (Lipinski definition) is 4. The molecule has 4 aromatic rings. The maximum Gasteiger partial charge on any atom is 0.227 e. The highest BCUT2D eigenvalue weighted by molar-refractivity contribution is 6.15. The summed E-state index contributed by atoms with van der Waals surface area (Å²) in [4.78, 5) is 14.5. The van der Waals surface area contributed by atoms with Crippen molar-refractivity contribution in [2.45, 2.75) is 38.1 Å². The van der Waals surface area contributed by atoms with Gasteiger partial charge in [0.2, 0.25) is 5.71 Å². The molecular weight excluding hydrogens is 406 g/mol. The van der Waals surface area contributed by atoms with Crippen molar-refractivity contribution in [3.8, 4) is 0 Å². The second kappa shape index (κ2) is 7.66. The van der Waals surface area contributed by atoms with Gasteiger partial charge in [-0.3, -0.25) is 9.98 Å². The first-order valence-corrected chi connectivity index (χ1v) is 11.5. The van der Waals surface area contributed by atoms with E-state index in [1.807, 2.05) is 12.1 Å². The van der Waals surface area contributed by atoms with Gasteiger partial charge >= 0.3 is 0 Å². The molecule has 33 heavy (non-hydrogen) atoms. The predicted molar refractivity (Wildman–Crippen MR) is 136 cm³/mol. The van der Waals surface area contributed by atoms with Gasteiger partial charge in [-0.15, -0.1) is 0 Å². The van der Waals surface area contributed by atoms with Crippen molar-refractivity contribution >= 4 is 33.5 Å². The minimum absolute atomic E-state index is 0.109. The van der Waals surface area contributed by atoms with Crippen LogP contribution in [0.3, 0.4) is 0 Å². The topological polar surface area (TPSA) is 50.8 Å². The van der Waals surface area contributed by atoms with E-state index >= 15 is 0 Å². The Bertz CT molecular complexity index is 1500. The molecule has 0 saturated carbocycles. The summed E-state index contributed by atoms with van der Waals surface area (Å²) in [6.45, 7) is 10.4. The summed E-state index contributed by atoms with van der Waals surface area (Å²) in [6.07, 6.45) is 6.27. The van der Waals surface area contributed by atoms with Gasteiger partial charge in [-0.05, 0) is 49.1 Å². The average molecular weight is 432 g/mol. The molecule has 0 amide bonds. The maximum atomic E-state index is 6.26. The van der Waals surface area contributed by atoms with Gasteiger partial charge in [0.25, 0.3) is 0 Å². The minimum Gasteiger partial charge on any atom is -0.437 e. The lowest BCUT2D eigenvalue weighted by molar-refractivity contribution is 0.490. The van der Waals surface area contributed by atoms with Crippen LogP contribution in [0, 0.1) is 0 Å². The molecule has 2 aromatic carbocycles. The van der Waals surface area contributed by atoms with Crippen LogP contribution in [0.1, 0.15) is 47.9 Å². The first-order chi connectivity index (χ1) is 16.1. The smallest absolute Gasteiger partial charge is 0.227 e. The summed E-state index contributed by atoms with van der Waals surface area (Å²) in [5.41, 5.74) is 9.12. The molecule has 0 aliphatic carbocycles. The van der Waals surface area contributed by atoms with Crippen LogP contribution < -0.4 is 0 Å². The molecule has 4 heteroatoms. The zero-order valence-electron chi connectivity index (χ0n) is 18.7. The standard InChI is InChI=1S/C29H25N3O/c1-4-25-21-9-6-5-8-20(21)22-13-11-19-12-14-23-24-10-7-15-30-29(24)33-28(23)27(19)18(3)31-17(2)16-26(22)32-25/h4-10,12,14-15,22,26H,1-2,11,13,16H2,3H3. The molecule has 0 fully saturated rings. The van der Waals surface area contributed by atoms with Crippen molar-refractivity contribution in [1.29, 1.82) is 0 Å². The van der Waals surface area contributed by atoms with Gasteiger partial charge in [-0.2, -0.15) is 0 Å². The number of benzene rings is 2. The number of aromatic nitrogens is 1. The number of rotatable bonds is 1. The van der Waals surface area contributed by atoms with E-state index in [0.29, 0.717) is 11.6 Å². The van der Waals surface area contributed by atoms with Gasteiger partial charge in [-0.25, -0.2) is 4.98 Å². The van der Waals surface area contributed by atoms with E-state index in [-0.39, 0.29) is 6.04 Å². The van der Waals surface area contributed by atoms with Crippen molar-refractivity contribution in [3.05, 3.63) is 102 Å². The molecule has 2 unspecified atom stereocenters. The maximum absolute atomic E-state index is 6.26. The minimum atomic E-state index is 0.109. The van der Waals surface area contributed by atoms with Crippen LogP contribution in [-0.4, -0.2) is 22.4 Å². The molecule has 4 nitrogen and oxygen atoms in total. The van der Waals surface area contributed by atoms with E-state index in [1.54, 1.807) is 6.20 Å². The first-order valence-electron chi connectivity index (χ1n) is 11.5. The second-order valence-electron chi connectivity index (χ2n) is 8.92. The summed E-state index contributed by atoms with van der Waals surface area (Å²) in [5, 5.41) is 2.11. The third-order valence-corrected chi connectivity index (χ3v) is 6.96. The third-order valence-electron chi connectivity index (χ3n) is 6.96. The fourth-order valence-corrected chi connectivity index (χ4v) is 5.51. The van der Waals surface area contributed by atoms with Crippen LogP contribution in [0.2, 0.25) is 0 Å². The molecule has 162 valence electrons. The molecule has 4 heterocycles. The van der Waals surface area contributed by atoms with E-state index in [1.165, 1.54) is 16.7 Å². The summed E-state index contributed by atoms with van der Waals surface area (Å²) >= 11 is 0. The molecule has 0 N–H and O–H groups in total. The predicted octanol–water partition coefficient (Wildman–Crippen LogP) is 6.78. The zero-order chi connectivity index (χ0) is 22.5. The highest BCUT2D eigenvalue weighted by atomic mass is 16.3. The number of furan rings is 1.